The van der Waals surface area contributed by atoms with Crippen molar-refractivity contribution >= 4 is 16.5 Å². The highest BCUT2D eigenvalue weighted by Crippen LogP contribution is 2.30. The SMILES string of the molecule is O=S1CNc2ccc(C(O)c3ccccc3)cc21. The Kier molecular flexibility index (Phi) is 2.89. The van der Waals surface area contributed by atoms with Crippen molar-refractivity contribution < 1.29 is 9.32 Å². The minimum atomic E-state index is -1.00. The van der Waals surface area contributed by atoms with E-state index in [1.54, 1.807) is 0 Å². The van der Waals surface area contributed by atoms with Crippen LogP contribution in [0.4, 0.5) is 5.69 Å². The van der Waals surface area contributed by atoms with Crippen molar-refractivity contribution in [3.63, 3.8) is 0 Å². The molecule has 2 aromatic carbocycles. The van der Waals surface area contributed by atoms with E-state index < -0.39 is 16.9 Å². The molecule has 0 aromatic heterocycles. The molecule has 2 aromatic rings. The highest BCUT2D eigenvalue weighted by Gasteiger charge is 2.20. The van der Waals surface area contributed by atoms with Crippen molar-refractivity contribution in [2.75, 3.05) is 11.2 Å². The Morgan fingerprint density at radius 1 is 1.11 bits per heavy atom. The zero-order valence-electron chi connectivity index (χ0n) is 9.67. The molecule has 3 nitrogen and oxygen atoms in total. The average molecular weight is 259 g/mol. The molecule has 2 atom stereocenters. The minimum Gasteiger partial charge on any atom is -0.384 e. The number of hydrogen-bond acceptors (Lipinski definition) is 3. The van der Waals surface area contributed by atoms with Crippen LogP contribution in [0.2, 0.25) is 0 Å². The highest BCUT2D eigenvalue weighted by molar-refractivity contribution is 7.85. The summed E-state index contributed by atoms with van der Waals surface area (Å²) >= 11 is 0. The molecule has 1 aliphatic heterocycles. The van der Waals surface area contributed by atoms with Crippen molar-refractivity contribution in [1.82, 2.24) is 0 Å². The molecule has 0 bridgehead atoms. The smallest absolute Gasteiger partial charge is 0.104 e. The van der Waals surface area contributed by atoms with E-state index in [0.29, 0.717) is 5.88 Å². The molecule has 4 heteroatoms. The molecule has 0 spiro atoms. The first-order valence-electron chi connectivity index (χ1n) is 5.75. The summed E-state index contributed by atoms with van der Waals surface area (Å²) in [6.07, 6.45) is -0.672. The van der Waals surface area contributed by atoms with Gasteiger partial charge >= 0.3 is 0 Å². The summed E-state index contributed by atoms with van der Waals surface area (Å²) in [7, 11) is -1.00. The number of rotatable bonds is 2. The second-order valence-electron chi connectivity index (χ2n) is 4.24. The maximum Gasteiger partial charge on any atom is 0.104 e. The third kappa shape index (κ3) is 1.94. The van der Waals surface area contributed by atoms with E-state index in [4.69, 9.17) is 0 Å². The van der Waals surface area contributed by atoms with Crippen molar-refractivity contribution in [2.24, 2.45) is 0 Å². The van der Waals surface area contributed by atoms with E-state index >= 15 is 0 Å². The Hall–Kier alpha value is -1.65. The minimum absolute atomic E-state index is 0.459. The lowest BCUT2D eigenvalue weighted by Gasteiger charge is -2.12. The third-order valence-electron chi connectivity index (χ3n) is 3.08. The first-order chi connectivity index (χ1) is 8.75. The summed E-state index contributed by atoms with van der Waals surface area (Å²) in [4.78, 5) is 0.780. The molecule has 2 N–H and O–H groups in total. The zero-order valence-corrected chi connectivity index (χ0v) is 10.5. The van der Waals surface area contributed by atoms with Gasteiger partial charge in [0.2, 0.25) is 0 Å². The van der Waals surface area contributed by atoms with Crippen molar-refractivity contribution in [1.29, 1.82) is 0 Å². The van der Waals surface area contributed by atoms with E-state index in [1.165, 1.54) is 0 Å². The lowest BCUT2D eigenvalue weighted by molar-refractivity contribution is 0.220. The van der Waals surface area contributed by atoms with Gasteiger partial charge in [0.1, 0.15) is 6.10 Å². The highest BCUT2D eigenvalue weighted by atomic mass is 32.2. The number of nitrogens with one attached hydrogen (secondary N) is 1. The van der Waals surface area contributed by atoms with Gasteiger partial charge in [-0.25, -0.2) is 0 Å². The monoisotopic (exact) mass is 259 g/mol. The van der Waals surface area contributed by atoms with Crippen molar-refractivity contribution in [3.8, 4) is 0 Å². The van der Waals surface area contributed by atoms with E-state index in [2.05, 4.69) is 5.32 Å². The van der Waals surface area contributed by atoms with Crippen molar-refractivity contribution in [2.45, 2.75) is 11.0 Å². The van der Waals surface area contributed by atoms with E-state index in [-0.39, 0.29) is 0 Å². The maximum atomic E-state index is 11.7. The fourth-order valence-electron chi connectivity index (χ4n) is 2.09. The van der Waals surface area contributed by atoms with Gasteiger partial charge in [-0.15, -0.1) is 0 Å². The van der Waals surface area contributed by atoms with Gasteiger partial charge in [0, 0.05) is 0 Å². The molecular formula is C14H13NO2S. The quantitative estimate of drug-likeness (QED) is 0.869. The summed E-state index contributed by atoms with van der Waals surface area (Å²) < 4.78 is 11.7. The Morgan fingerprint density at radius 2 is 1.89 bits per heavy atom. The number of benzene rings is 2. The lowest BCUT2D eigenvalue weighted by atomic mass is 10.0. The molecule has 2 unspecified atom stereocenters. The number of hydrogen-bond donors (Lipinski definition) is 2. The summed E-state index contributed by atoms with van der Waals surface area (Å²) in [6, 6.07) is 15.0. The molecule has 1 aliphatic rings. The van der Waals surface area contributed by atoms with Crippen LogP contribution in [0, 0.1) is 0 Å². The third-order valence-corrected chi connectivity index (χ3v) is 4.31. The molecule has 0 saturated heterocycles. The Labute approximate surface area is 108 Å². The zero-order chi connectivity index (χ0) is 12.5. The van der Waals surface area contributed by atoms with Gasteiger partial charge in [0.25, 0.3) is 0 Å². The molecule has 0 saturated carbocycles. The van der Waals surface area contributed by atoms with Gasteiger partial charge in [-0.1, -0.05) is 36.4 Å². The van der Waals surface area contributed by atoms with Crippen LogP contribution in [-0.2, 0) is 10.8 Å². The topological polar surface area (TPSA) is 49.3 Å². The van der Waals surface area contributed by atoms with Crippen LogP contribution in [0.15, 0.2) is 53.4 Å². The molecule has 18 heavy (non-hydrogen) atoms. The number of aliphatic hydroxyl groups is 1. The van der Waals surface area contributed by atoms with Gasteiger partial charge in [-0.3, -0.25) is 4.21 Å². The van der Waals surface area contributed by atoms with E-state index in [9.17, 15) is 9.32 Å². The summed E-state index contributed by atoms with van der Waals surface area (Å²) in [5.41, 5.74) is 2.52. The van der Waals surface area contributed by atoms with Crippen LogP contribution in [-0.4, -0.2) is 15.2 Å². The van der Waals surface area contributed by atoms with Crippen LogP contribution < -0.4 is 5.32 Å². The van der Waals surface area contributed by atoms with Crippen LogP contribution in [0.3, 0.4) is 0 Å². The molecule has 0 radical (unpaired) electrons. The first kappa shape index (κ1) is 11.4. The fraction of sp³-hybridized carbons (Fsp3) is 0.143. The summed E-state index contributed by atoms with van der Waals surface area (Å²) in [5.74, 6) is 0.459. The van der Waals surface area contributed by atoms with Crippen LogP contribution in [0.5, 0.6) is 0 Å². The second kappa shape index (κ2) is 4.55. The Balaban J connectivity index is 1.99. The van der Waals surface area contributed by atoms with Crippen LogP contribution in [0.25, 0.3) is 0 Å². The normalized spacial score (nSPS) is 19.1. The molecular weight excluding hydrogens is 246 g/mol. The predicted molar refractivity (Wildman–Crippen MR) is 71.8 cm³/mol. The number of anilines is 1. The van der Waals surface area contributed by atoms with E-state index in [0.717, 1.165) is 21.7 Å². The molecule has 1 heterocycles. The Morgan fingerprint density at radius 3 is 2.67 bits per heavy atom. The van der Waals surface area contributed by atoms with Gasteiger partial charge in [0.05, 0.1) is 27.3 Å². The molecule has 3 rings (SSSR count). The summed E-state index contributed by atoms with van der Waals surface area (Å²) in [6.45, 7) is 0. The largest absolute Gasteiger partial charge is 0.384 e. The first-order valence-corrected chi connectivity index (χ1v) is 7.07. The number of fused-ring (bicyclic) bond motifs is 1. The van der Waals surface area contributed by atoms with Gasteiger partial charge in [-0.2, -0.15) is 0 Å². The molecule has 0 aliphatic carbocycles. The van der Waals surface area contributed by atoms with Crippen molar-refractivity contribution in [3.05, 3.63) is 59.7 Å². The predicted octanol–water partition coefficient (Wildman–Crippen LogP) is 2.26. The standard InChI is InChI=1S/C14H13NO2S/c16-14(10-4-2-1-3-5-10)11-6-7-12-13(8-11)18(17)9-15-12/h1-8,14-16H,9H2. The number of aliphatic hydroxyl groups excluding tert-OH is 1. The molecule has 92 valence electrons. The fourth-order valence-corrected chi connectivity index (χ4v) is 3.19. The maximum absolute atomic E-state index is 11.7. The van der Waals surface area contributed by atoms with Gasteiger partial charge in [0.15, 0.2) is 0 Å². The van der Waals surface area contributed by atoms with Crippen LogP contribution in [0.1, 0.15) is 17.2 Å². The Bertz CT molecular complexity index is 598. The van der Waals surface area contributed by atoms with Gasteiger partial charge < -0.3 is 10.4 Å². The molecule has 0 amide bonds. The summed E-state index contributed by atoms with van der Waals surface area (Å²) in [5, 5.41) is 13.4. The molecule has 0 fully saturated rings. The second-order valence-corrected chi connectivity index (χ2v) is 5.65. The van der Waals surface area contributed by atoms with Gasteiger partial charge in [-0.05, 0) is 23.3 Å². The lowest BCUT2D eigenvalue weighted by Crippen LogP contribution is -2.00. The van der Waals surface area contributed by atoms with E-state index in [1.807, 2.05) is 48.5 Å². The van der Waals surface area contributed by atoms with Crippen LogP contribution >= 0.6 is 0 Å². The average Bonchev–Trinajstić information content (AvgIpc) is 2.80.